The van der Waals surface area contributed by atoms with Gasteiger partial charge in [-0.05, 0) is 108 Å². The van der Waals surface area contributed by atoms with Gasteiger partial charge in [0.15, 0.2) is 0 Å². The number of nitrogens with zero attached hydrogens (tertiary/aromatic N) is 4. The molecule has 1 aromatic carbocycles. The van der Waals surface area contributed by atoms with E-state index in [-0.39, 0.29) is 11.6 Å². The van der Waals surface area contributed by atoms with Crippen LogP contribution in [0.1, 0.15) is 77.6 Å². The Morgan fingerprint density at radius 1 is 1.08 bits per heavy atom. The monoisotopic (exact) mass is 530 g/mol. The first kappa shape index (κ1) is 27.4. The van der Waals surface area contributed by atoms with Crippen LogP contribution in [0.3, 0.4) is 0 Å². The van der Waals surface area contributed by atoms with E-state index < -0.39 is 5.54 Å². The molecule has 0 unspecified atom stereocenters. The van der Waals surface area contributed by atoms with Gasteiger partial charge in [0.25, 0.3) is 5.91 Å². The number of carbonyl (C=O) groups is 1. The van der Waals surface area contributed by atoms with E-state index in [0.29, 0.717) is 42.7 Å². The summed E-state index contributed by atoms with van der Waals surface area (Å²) < 4.78 is 1.80. The van der Waals surface area contributed by atoms with Gasteiger partial charge >= 0.3 is 5.69 Å². The number of amides is 1. The molecule has 0 bridgehead atoms. The molecule has 1 saturated heterocycles. The van der Waals surface area contributed by atoms with Gasteiger partial charge in [-0.2, -0.15) is 10.2 Å². The largest absolute Gasteiger partial charge is 0.350 e. The van der Waals surface area contributed by atoms with Gasteiger partial charge in [-0.3, -0.25) is 9.36 Å². The lowest BCUT2D eigenvalue weighted by Gasteiger charge is -2.29. The summed E-state index contributed by atoms with van der Waals surface area (Å²) >= 11 is 0. The van der Waals surface area contributed by atoms with Crippen molar-refractivity contribution in [2.24, 2.45) is 11.8 Å². The van der Waals surface area contributed by atoms with Gasteiger partial charge in [-0.25, -0.2) is 4.79 Å². The van der Waals surface area contributed by atoms with Crippen LogP contribution in [-0.2, 0) is 11.3 Å². The van der Waals surface area contributed by atoms with Crippen LogP contribution in [0, 0.1) is 23.2 Å². The first-order valence-corrected chi connectivity index (χ1v) is 14.8. The average Bonchev–Trinajstić information content (AvgIpc) is 3.43. The number of hydrogen-bond donors (Lipinski definition) is 2. The highest BCUT2D eigenvalue weighted by Crippen LogP contribution is 2.34. The molecule has 2 saturated carbocycles. The number of rotatable bonds is 7. The van der Waals surface area contributed by atoms with E-state index in [1.165, 1.54) is 6.42 Å². The maximum absolute atomic E-state index is 13.8. The highest BCUT2D eigenvalue weighted by atomic mass is 16.2. The SMILES string of the molecule is C/C(=C(\Nc1nc(=O)n(CC2CCN(C)CC2)c2ccccc12)C(=O)NC1(C#N)CCCC1)C1CCCCC1. The molecule has 1 aromatic heterocycles. The second-order valence-electron chi connectivity index (χ2n) is 12.0. The summed E-state index contributed by atoms with van der Waals surface area (Å²) in [4.78, 5) is 34.1. The molecule has 1 aliphatic heterocycles. The van der Waals surface area contributed by atoms with Crippen LogP contribution in [0.4, 0.5) is 5.82 Å². The van der Waals surface area contributed by atoms with Gasteiger partial charge < -0.3 is 15.5 Å². The van der Waals surface area contributed by atoms with Gasteiger partial charge in [-0.1, -0.05) is 31.4 Å². The summed E-state index contributed by atoms with van der Waals surface area (Å²) in [6.07, 6.45) is 10.9. The standard InChI is InChI=1S/C31H42N6O2/c1-22(24-10-4-3-5-11-24)27(29(38)35-31(21-32)16-8-9-17-31)33-28-25-12-6-7-13-26(25)37(30(39)34-28)20-23-14-18-36(2)19-15-23/h6-7,12-13,23-24H,3-5,8-11,14-20H2,1-2H3,(H,35,38)(H,33,34,39)/b27-22+. The molecule has 2 aliphatic carbocycles. The Morgan fingerprint density at radius 2 is 1.77 bits per heavy atom. The van der Waals surface area contributed by atoms with Crippen molar-refractivity contribution in [1.29, 1.82) is 5.26 Å². The van der Waals surface area contributed by atoms with E-state index in [1.807, 2.05) is 31.2 Å². The molecule has 3 fully saturated rings. The van der Waals surface area contributed by atoms with Crippen molar-refractivity contribution < 1.29 is 4.79 Å². The Hall–Kier alpha value is -3.18. The maximum atomic E-state index is 13.8. The molecule has 0 atom stereocenters. The second kappa shape index (κ2) is 11.9. The predicted molar refractivity (Wildman–Crippen MR) is 154 cm³/mol. The molecule has 8 nitrogen and oxygen atoms in total. The zero-order chi connectivity index (χ0) is 27.4. The Morgan fingerprint density at radius 3 is 2.46 bits per heavy atom. The molecular formula is C31H42N6O2. The summed E-state index contributed by atoms with van der Waals surface area (Å²) in [5.41, 5.74) is 1.13. The van der Waals surface area contributed by atoms with Crippen molar-refractivity contribution >= 4 is 22.6 Å². The lowest BCUT2D eigenvalue weighted by molar-refractivity contribution is -0.118. The summed E-state index contributed by atoms with van der Waals surface area (Å²) in [5, 5.41) is 17.2. The summed E-state index contributed by atoms with van der Waals surface area (Å²) in [5.74, 6) is 0.867. The van der Waals surface area contributed by atoms with Gasteiger partial charge in [0.1, 0.15) is 17.1 Å². The molecule has 208 valence electrons. The zero-order valence-corrected chi connectivity index (χ0v) is 23.5. The van der Waals surface area contributed by atoms with Crippen LogP contribution >= 0.6 is 0 Å². The molecule has 2 heterocycles. The van der Waals surface area contributed by atoms with E-state index >= 15 is 0 Å². The molecule has 8 heteroatoms. The van der Waals surface area contributed by atoms with Crippen molar-refractivity contribution in [2.75, 3.05) is 25.5 Å². The molecule has 2 N–H and O–H groups in total. The van der Waals surface area contributed by atoms with Crippen LogP contribution in [0.15, 0.2) is 40.3 Å². The minimum Gasteiger partial charge on any atom is -0.335 e. The van der Waals surface area contributed by atoms with Crippen LogP contribution in [0.2, 0.25) is 0 Å². The lowest BCUT2D eigenvalue weighted by atomic mass is 9.83. The van der Waals surface area contributed by atoms with Crippen molar-refractivity contribution in [1.82, 2.24) is 19.8 Å². The number of para-hydroxylation sites is 1. The fourth-order valence-corrected chi connectivity index (χ4v) is 6.72. The van der Waals surface area contributed by atoms with Crippen molar-refractivity contribution in [3.63, 3.8) is 0 Å². The number of carbonyl (C=O) groups excluding carboxylic acids is 1. The van der Waals surface area contributed by atoms with Crippen LogP contribution in [0.5, 0.6) is 0 Å². The molecule has 2 aromatic rings. The topological polar surface area (TPSA) is 103 Å². The number of nitrogens with one attached hydrogen (secondary N) is 2. The minimum absolute atomic E-state index is 0.275. The third-order valence-corrected chi connectivity index (χ3v) is 9.27. The Kier molecular flexibility index (Phi) is 8.37. The Labute approximate surface area is 231 Å². The second-order valence-corrected chi connectivity index (χ2v) is 12.0. The fourth-order valence-electron chi connectivity index (χ4n) is 6.72. The number of aromatic nitrogens is 2. The number of anilines is 1. The number of likely N-dealkylation sites (tertiary alicyclic amines) is 1. The molecule has 3 aliphatic rings. The van der Waals surface area contributed by atoms with Gasteiger partial charge in [-0.15, -0.1) is 0 Å². The van der Waals surface area contributed by atoms with E-state index in [9.17, 15) is 14.9 Å². The number of benzene rings is 1. The molecule has 39 heavy (non-hydrogen) atoms. The maximum Gasteiger partial charge on any atom is 0.350 e. The smallest absolute Gasteiger partial charge is 0.335 e. The van der Waals surface area contributed by atoms with Crippen molar-refractivity contribution in [2.45, 2.75) is 89.6 Å². The van der Waals surface area contributed by atoms with E-state index in [4.69, 9.17) is 0 Å². The zero-order valence-electron chi connectivity index (χ0n) is 23.5. The number of hydrogen-bond acceptors (Lipinski definition) is 6. The first-order chi connectivity index (χ1) is 18.9. The van der Waals surface area contributed by atoms with E-state index in [1.54, 1.807) is 4.57 Å². The third kappa shape index (κ3) is 6.04. The molecule has 1 amide bonds. The molecule has 0 radical (unpaired) electrons. The van der Waals surface area contributed by atoms with Gasteiger partial charge in [0, 0.05) is 11.9 Å². The van der Waals surface area contributed by atoms with Gasteiger partial charge in [0.05, 0.1) is 11.6 Å². The highest BCUT2D eigenvalue weighted by molar-refractivity contribution is 6.00. The van der Waals surface area contributed by atoms with E-state index in [2.05, 4.69) is 33.6 Å². The predicted octanol–water partition coefficient (Wildman–Crippen LogP) is 4.96. The molecule has 0 spiro atoms. The Bertz CT molecular complexity index is 1320. The number of piperidine rings is 1. The number of nitriles is 1. The molecule has 5 rings (SSSR count). The minimum atomic E-state index is -0.830. The van der Waals surface area contributed by atoms with Gasteiger partial charge in [0.2, 0.25) is 0 Å². The first-order valence-electron chi connectivity index (χ1n) is 14.8. The highest BCUT2D eigenvalue weighted by Gasteiger charge is 2.37. The lowest BCUT2D eigenvalue weighted by Crippen LogP contribution is -2.47. The summed E-state index contributed by atoms with van der Waals surface area (Å²) in [7, 11) is 2.14. The van der Waals surface area contributed by atoms with Crippen LogP contribution < -0.4 is 16.3 Å². The number of fused-ring (bicyclic) bond motifs is 1. The van der Waals surface area contributed by atoms with Crippen molar-refractivity contribution in [3.05, 3.63) is 46.0 Å². The summed E-state index contributed by atoms with van der Waals surface area (Å²) in [6, 6.07) is 10.2. The fraction of sp³-hybridized carbons (Fsp3) is 0.613. The Balaban J connectivity index is 1.50. The van der Waals surface area contributed by atoms with Crippen molar-refractivity contribution in [3.8, 4) is 6.07 Å². The van der Waals surface area contributed by atoms with E-state index in [0.717, 1.165) is 80.9 Å². The number of allylic oxidation sites excluding steroid dienone is 1. The average molecular weight is 531 g/mol. The summed E-state index contributed by atoms with van der Waals surface area (Å²) in [6.45, 7) is 4.75. The normalized spacial score (nSPS) is 21.4. The van der Waals surface area contributed by atoms with Crippen LogP contribution in [-0.4, -0.2) is 46.0 Å². The molecular weight excluding hydrogens is 488 g/mol. The third-order valence-electron chi connectivity index (χ3n) is 9.27. The van der Waals surface area contributed by atoms with Crippen LogP contribution in [0.25, 0.3) is 10.9 Å². The quantitative estimate of drug-likeness (QED) is 0.491.